The second-order valence-electron chi connectivity index (χ2n) is 5.26. The van der Waals surface area contributed by atoms with Crippen molar-refractivity contribution >= 4 is 5.91 Å². The first-order valence-corrected chi connectivity index (χ1v) is 6.86. The van der Waals surface area contributed by atoms with Gasteiger partial charge in [-0.2, -0.15) is 0 Å². The van der Waals surface area contributed by atoms with Gasteiger partial charge >= 0.3 is 0 Å². The van der Waals surface area contributed by atoms with Crippen molar-refractivity contribution in [3.8, 4) is 5.75 Å². The zero-order chi connectivity index (χ0) is 13.5. The van der Waals surface area contributed by atoms with E-state index in [9.17, 15) is 4.79 Å². The predicted octanol–water partition coefficient (Wildman–Crippen LogP) is 1.30. The molecule has 20 heavy (non-hydrogen) atoms. The quantitative estimate of drug-likeness (QED) is 0.849. The lowest BCUT2D eigenvalue weighted by Crippen LogP contribution is -2.43. The molecule has 102 valence electrons. The molecule has 4 rings (SSSR count). The molecule has 3 heterocycles. The number of fused-ring (bicyclic) bond motifs is 2. The van der Waals surface area contributed by atoms with Gasteiger partial charge in [0.15, 0.2) is 6.10 Å². The van der Waals surface area contributed by atoms with Crippen LogP contribution in [0.3, 0.4) is 0 Å². The van der Waals surface area contributed by atoms with E-state index >= 15 is 0 Å². The minimum atomic E-state index is -0.378. The van der Waals surface area contributed by atoms with E-state index < -0.39 is 0 Å². The van der Waals surface area contributed by atoms with Crippen LogP contribution in [0.25, 0.3) is 0 Å². The molecule has 1 aromatic heterocycles. The van der Waals surface area contributed by atoms with Gasteiger partial charge in [0.1, 0.15) is 5.75 Å². The number of aromatic amines is 1. The molecule has 0 radical (unpaired) electrons. The van der Waals surface area contributed by atoms with Crippen LogP contribution in [0, 0.1) is 0 Å². The van der Waals surface area contributed by atoms with Crippen LogP contribution < -0.4 is 4.74 Å². The van der Waals surface area contributed by atoms with Crippen LogP contribution >= 0.6 is 0 Å². The number of amides is 1. The molecule has 2 aliphatic rings. The number of hydrogen-bond acceptors (Lipinski definition) is 3. The lowest BCUT2D eigenvalue weighted by atomic mass is 10.1. The minimum absolute atomic E-state index is 0.0708. The first-order valence-electron chi connectivity index (χ1n) is 6.86. The van der Waals surface area contributed by atoms with Crippen LogP contribution in [-0.2, 0) is 24.2 Å². The molecule has 0 saturated carbocycles. The van der Waals surface area contributed by atoms with Crippen LogP contribution in [0.4, 0.5) is 0 Å². The fraction of sp³-hybridized carbons (Fsp3) is 0.333. The highest BCUT2D eigenvalue weighted by Gasteiger charge is 2.33. The van der Waals surface area contributed by atoms with Crippen molar-refractivity contribution in [2.45, 2.75) is 25.5 Å². The summed E-state index contributed by atoms with van der Waals surface area (Å²) in [4.78, 5) is 21.8. The zero-order valence-corrected chi connectivity index (χ0v) is 11.0. The number of benzene rings is 1. The van der Waals surface area contributed by atoms with Gasteiger partial charge in [-0.15, -0.1) is 0 Å². The molecule has 1 N–H and O–H groups in total. The van der Waals surface area contributed by atoms with Crippen molar-refractivity contribution in [1.82, 2.24) is 14.9 Å². The number of hydrogen-bond donors (Lipinski definition) is 1. The van der Waals surface area contributed by atoms with E-state index in [1.54, 1.807) is 6.33 Å². The number of para-hydroxylation sites is 1. The van der Waals surface area contributed by atoms with Gasteiger partial charge in [0.05, 0.1) is 24.3 Å². The predicted molar refractivity (Wildman–Crippen MR) is 72.3 cm³/mol. The Balaban J connectivity index is 1.50. The van der Waals surface area contributed by atoms with Gasteiger partial charge in [-0.25, -0.2) is 4.98 Å². The van der Waals surface area contributed by atoms with Crippen molar-refractivity contribution in [1.29, 1.82) is 0 Å². The van der Waals surface area contributed by atoms with Gasteiger partial charge in [-0.3, -0.25) is 4.79 Å². The van der Waals surface area contributed by atoms with Crippen molar-refractivity contribution < 1.29 is 9.53 Å². The van der Waals surface area contributed by atoms with Crippen molar-refractivity contribution in [2.24, 2.45) is 0 Å². The third-order valence-electron chi connectivity index (χ3n) is 4.01. The summed E-state index contributed by atoms with van der Waals surface area (Å²) in [6, 6.07) is 7.86. The molecular weight excluding hydrogens is 254 g/mol. The number of carbonyl (C=O) groups excluding carboxylic acids is 1. The molecule has 0 saturated heterocycles. The lowest BCUT2D eigenvalue weighted by molar-refractivity contribution is -0.138. The molecule has 2 aliphatic heterocycles. The van der Waals surface area contributed by atoms with Gasteiger partial charge in [-0.1, -0.05) is 18.2 Å². The Morgan fingerprint density at radius 3 is 3.20 bits per heavy atom. The first kappa shape index (κ1) is 11.5. The minimum Gasteiger partial charge on any atom is -0.480 e. The molecule has 0 fully saturated rings. The summed E-state index contributed by atoms with van der Waals surface area (Å²) < 4.78 is 5.77. The van der Waals surface area contributed by atoms with Crippen molar-refractivity contribution in [2.75, 3.05) is 6.54 Å². The monoisotopic (exact) mass is 269 g/mol. The number of rotatable bonds is 1. The Morgan fingerprint density at radius 2 is 2.30 bits per heavy atom. The van der Waals surface area contributed by atoms with Gasteiger partial charge < -0.3 is 14.6 Å². The number of ether oxygens (including phenoxy) is 1. The Labute approximate surface area is 116 Å². The SMILES string of the molecule is O=C(C1Cc2ccccc2O1)N1CCc2nc[nH]c2C1. The Morgan fingerprint density at radius 1 is 1.40 bits per heavy atom. The number of carbonyl (C=O) groups is 1. The fourth-order valence-electron chi connectivity index (χ4n) is 2.92. The number of imidazole rings is 1. The highest BCUT2D eigenvalue weighted by molar-refractivity contribution is 5.82. The van der Waals surface area contributed by atoms with E-state index in [-0.39, 0.29) is 12.0 Å². The number of H-pyrrole nitrogens is 1. The summed E-state index contributed by atoms with van der Waals surface area (Å²) in [7, 11) is 0. The average Bonchev–Trinajstić information content (AvgIpc) is 3.11. The Hall–Kier alpha value is -2.30. The third kappa shape index (κ3) is 1.78. The molecule has 5 nitrogen and oxygen atoms in total. The van der Waals surface area contributed by atoms with E-state index in [4.69, 9.17) is 4.74 Å². The molecule has 1 unspecified atom stereocenters. The number of nitrogens with one attached hydrogen (secondary N) is 1. The van der Waals surface area contributed by atoms with Crippen LogP contribution in [0.2, 0.25) is 0 Å². The maximum absolute atomic E-state index is 12.6. The Kier molecular flexibility index (Phi) is 2.52. The normalized spacial score (nSPS) is 20.2. The summed E-state index contributed by atoms with van der Waals surface area (Å²) in [5, 5.41) is 0. The van der Waals surface area contributed by atoms with Crippen molar-refractivity contribution in [3.05, 3.63) is 47.5 Å². The highest BCUT2D eigenvalue weighted by Crippen LogP contribution is 2.29. The number of nitrogens with zero attached hydrogens (tertiary/aromatic N) is 2. The highest BCUT2D eigenvalue weighted by atomic mass is 16.5. The second kappa shape index (κ2) is 4.37. The molecule has 2 aromatic rings. The molecule has 1 aromatic carbocycles. The van der Waals surface area contributed by atoms with Gasteiger partial charge in [0.2, 0.25) is 0 Å². The molecule has 0 spiro atoms. The molecule has 1 atom stereocenters. The smallest absolute Gasteiger partial charge is 0.264 e. The summed E-state index contributed by atoms with van der Waals surface area (Å²) in [5.74, 6) is 0.909. The van der Waals surface area contributed by atoms with Crippen molar-refractivity contribution in [3.63, 3.8) is 0 Å². The zero-order valence-electron chi connectivity index (χ0n) is 11.0. The largest absolute Gasteiger partial charge is 0.480 e. The van der Waals surface area contributed by atoms with E-state index in [1.807, 2.05) is 29.2 Å². The van der Waals surface area contributed by atoms with E-state index in [1.165, 1.54) is 0 Å². The van der Waals surface area contributed by atoms with E-state index in [0.29, 0.717) is 19.5 Å². The summed E-state index contributed by atoms with van der Waals surface area (Å²) >= 11 is 0. The molecule has 0 bridgehead atoms. The molecule has 0 aliphatic carbocycles. The third-order valence-corrected chi connectivity index (χ3v) is 4.01. The maximum Gasteiger partial charge on any atom is 0.264 e. The second-order valence-corrected chi connectivity index (χ2v) is 5.26. The summed E-state index contributed by atoms with van der Waals surface area (Å²) in [6.07, 6.45) is 2.79. The molecule has 5 heteroatoms. The lowest BCUT2D eigenvalue weighted by Gasteiger charge is -2.28. The van der Waals surface area contributed by atoms with Crippen LogP contribution in [0.15, 0.2) is 30.6 Å². The molecule has 1 amide bonds. The summed E-state index contributed by atoms with van der Waals surface area (Å²) in [6.45, 7) is 1.32. The average molecular weight is 269 g/mol. The Bertz CT molecular complexity index is 636. The van der Waals surface area contributed by atoms with Gasteiger partial charge in [-0.05, 0) is 11.6 Å². The molecular formula is C15H15N3O2. The van der Waals surface area contributed by atoms with Crippen LogP contribution in [-0.4, -0.2) is 33.4 Å². The number of aromatic nitrogens is 2. The first-order chi connectivity index (χ1) is 9.81. The maximum atomic E-state index is 12.6. The topological polar surface area (TPSA) is 58.2 Å². The van der Waals surface area contributed by atoms with Crippen LogP contribution in [0.1, 0.15) is 17.0 Å². The van der Waals surface area contributed by atoms with Gasteiger partial charge in [0, 0.05) is 19.4 Å². The van der Waals surface area contributed by atoms with Crippen LogP contribution in [0.5, 0.6) is 5.75 Å². The standard InChI is InChI=1S/C15H15N3O2/c19-15(14-7-10-3-1-2-4-13(10)20-14)18-6-5-11-12(8-18)17-9-16-11/h1-4,9,14H,5-8H2,(H,16,17). The van der Waals surface area contributed by atoms with E-state index in [2.05, 4.69) is 9.97 Å². The van der Waals surface area contributed by atoms with Gasteiger partial charge in [0.25, 0.3) is 5.91 Å². The van der Waals surface area contributed by atoms with E-state index in [0.717, 1.165) is 29.1 Å². The summed E-state index contributed by atoms with van der Waals surface area (Å²) in [5.41, 5.74) is 3.23. The fourth-order valence-corrected chi connectivity index (χ4v) is 2.92.